The number of benzene rings is 2. The lowest BCUT2D eigenvalue weighted by Gasteiger charge is -2.13. The van der Waals surface area contributed by atoms with Crippen LogP contribution in [0.5, 0.6) is 5.75 Å². The summed E-state index contributed by atoms with van der Waals surface area (Å²) in [4.78, 5) is 11.8. The Morgan fingerprint density at radius 1 is 1.11 bits per heavy atom. The minimum absolute atomic E-state index is 0.339. The second-order valence-corrected chi connectivity index (χ2v) is 6.65. The smallest absolute Gasteiger partial charge is 0.338 e. The molecule has 0 aliphatic heterocycles. The fourth-order valence-corrected chi connectivity index (χ4v) is 2.88. The molecule has 28 heavy (non-hydrogen) atoms. The van der Waals surface area contributed by atoms with Gasteiger partial charge < -0.3 is 20.1 Å². The molecule has 2 aromatic carbocycles. The molecule has 6 heteroatoms. The Kier molecular flexibility index (Phi) is 9.28. The van der Waals surface area contributed by atoms with Gasteiger partial charge in [0.2, 0.25) is 0 Å². The highest BCUT2D eigenvalue weighted by Gasteiger charge is 2.07. The van der Waals surface area contributed by atoms with Crippen molar-refractivity contribution in [1.82, 2.24) is 5.32 Å². The molecular weight excluding hydrogens is 372 g/mol. The van der Waals surface area contributed by atoms with Crippen LogP contribution in [0.2, 0.25) is 0 Å². The predicted octanol–water partition coefficient (Wildman–Crippen LogP) is 4.57. The van der Waals surface area contributed by atoms with Gasteiger partial charge >= 0.3 is 5.97 Å². The van der Waals surface area contributed by atoms with Crippen molar-refractivity contribution in [3.05, 3.63) is 59.7 Å². The predicted molar refractivity (Wildman–Crippen MR) is 117 cm³/mol. The molecule has 0 spiro atoms. The molecule has 0 atom stereocenters. The van der Waals surface area contributed by atoms with Gasteiger partial charge in [-0.2, -0.15) is 0 Å². The maximum Gasteiger partial charge on any atom is 0.338 e. The van der Waals surface area contributed by atoms with Crippen LogP contribution in [0.25, 0.3) is 0 Å². The first kappa shape index (κ1) is 21.7. The summed E-state index contributed by atoms with van der Waals surface area (Å²) in [6.07, 6.45) is 2.83. The Bertz CT molecular complexity index is 780. The van der Waals surface area contributed by atoms with Crippen molar-refractivity contribution in [3.63, 3.8) is 0 Å². The molecule has 0 fully saturated rings. The monoisotopic (exact) mass is 400 g/mol. The first-order valence-corrected chi connectivity index (χ1v) is 10.1. The van der Waals surface area contributed by atoms with Crippen LogP contribution in [0.15, 0.2) is 48.5 Å². The third kappa shape index (κ3) is 7.19. The van der Waals surface area contributed by atoms with Gasteiger partial charge in [0.1, 0.15) is 5.75 Å². The zero-order chi connectivity index (χ0) is 20.2. The third-order valence-electron chi connectivity index (χ3n) is 3.97. The highest BCUT2D eigenvalue weighted by molar-refractivity contribution is 7.80. The van der Waals surface area contributed by atoms with Gasteiger partial charge in [-0.3, -0.25) is 0 Å². The molecule has 150 valence electrons. The fraction of sp³-hybridized carbons (Fsp3) is 0.364. The van der Waals surface area contributed by atoms with E-state index in [1.807, 2.05) is 24.3 Å². The first-order chi connectivity index (χ1) is 13.6. The first-order valence-electron chi connectivity index (χ1n) is 9.66. The van der Waals surface area contributed by atoms with Gasteiger partial charge in [-0.15, -0.1) is 0 Å². The average Bonchev–Trinajstić information content (AvgIpc) is 2.70. The molecule has 2 aromatic rings. The summed E-state index contributed by atoms with van der Waals surface area (Å²) in [7, 11) is 0. The van der Waals surface area contributed by atoms with Crippen molar-refractivity contribution in [1.29, 1.82) is 0 Å². The Balaban J connectivity index is 1.78. The number of esters is 1. The largest absolute Gasteiger partial charge is 0.493 e. The van der Waals surface area contributed by atoms with Crippen molar-refractivity contribution in [3.8, 4) is 5.75 Å². The second-order valence-electron chi connectivity index (χ2n) is 6.24. The van der Waals surface area contributed by atoms with Crippen LogP contribution < -0.4 is 15.4 Å². The van der Waals surface area contributed by atoms with Gasteiger partial charge in [0.05, 0.1) is 18.8 Å². The second kappa shape index (κ2) is 12.0. The third-order valence-corrected chi connectivity index (χ3v) is 4.22. The van der Waals surface area contributed by atoms with Crippen molar-refractivity contribution >= 4 is 29.0 Å². The number of carbonyl (C=O) groups excluding carboxylic acids is 1. The number of anilines is 1. The number of ether oxygens (including phenoxy) is 2. The summed E-state index contributed by atoms with van der Waals surface area (Å²) in [6, 6.07) is 15.2. The summed E-state index contributed by atoms with van der Waals surface area (Å²) < 4.78 is 10.8. The zero-order valence-corrected chi connectivity index (χ0v) is 17.3. The highest BCUT2D eigenvalue weighted by Crippen LogP contribution is 2.19. The van der Waals surface area contributed by atoms with E-state index in [2.05, 4.69) is 23.6 Å². The van der Waals surface area contributed by atoms with E-state index in [1.54, 1.807) is 25.1 Å². The summed E-state index contributed by atoms with van der Waals surface area (Å²) in [6.45, 7) is 5.71. The van der Waals surface area contributed by atoms with E-state index >= 15 is 0 Å². The Labute approximate surface area is 172 Å². The van der Waals surface area contributed by atoms with Crippen LogP contribution in [-0.4, -0.2) is 30.8 Å². The normalized spacial score (nSPS) is 10.2. The van der Waals surface area contributed by atoms with Gasteiger partial charge in [-0.1, -0.05) is 31.2 Å². The topological polar surface area (TPSA) is 59.6 Å². The standard InChI is InChI=1S/C22H28N2O3S/c1-3-15-27-20-13-6-5-9-17(20)11-8-14-23-22(28)24-19-12-7-10-18(16-19)21(25)26-4-2/h5-7,9-10,12-13,16H,3-4,8,11,14-15H2,1-2H3,(H2,23,24,28). The molecule has 5 nitrogen and oxygen atoms in total. The molecule has 2 N–H and O–H groups in total. The number of aryl methyl sites for hydroxylation is 1. The van der Waals surface area contributed by atoms with Crippen LogP contribution in [-0.2, 0) is 11.2 Å². The lowest BCUT2D eigenvalue weighted by Crippen LogP contribution is -2.29. The van der Waals surface area contributed by atoms with E-state index in [4.69, 9.17) is 21.7 Å². The van der Waals surface area contributed by atoms with Crippen LogP contribution in [0.1, 0.15) is 42.6 Å². The van der Waals surface area contributed by atoms with E-state index in [0.29, 0.717) is 17.3 Å². The van der Waals surface area contributed by atoms with E-state index in [9.17, 15) is 4.79 Å². The molecule has 0 amide bonds. The van der Waals surface area contributed by atoms with Crippen molar-refractivity contribution < 1.29 is 14.3 Å². The Hall–Kier alpha value is -2.60. The Morgan fingerprint density at radius 2 is 1.93 bits per heavy atom. The molecule has 0 aliphatic carbocycles. The van der Waals surface area contributed by atoms with Gasteiger partial charge in [0, 0.05) is 12.2 Å². The van der Waals surface area contributed by atoms with Gasteiger partial charge in [-0.05, 0) is 68.2 Å². The summed E-state index contributed by atoms with van der Waals surface area (Å²) in [5.74, 6) is 0.620. The van der Waals surface area contributed by atoms with Crippen molar-refractivity contribution in [2.75, 3.05) is 25.1 Å². The fourth-order valence-electron chi connectivity index (χ4n) is 2.66. The Morgan fingerprint density at radius 3 is 2.71 bits per heavy atom. The number of rotatable bonds is 10. The molecule has 0 heterocycles. The average molecular weight is 401 g/mol. The number of carbonyl (C=O) groups is 1. The maximum atomic E-state index is 11.8. The van der Waals surface area contributed by atoms with E-state index < -0.39 is 0 Å². The molecule has 0 aliphatic rings. The minimum Gasteiger partial charge on any atom is -0.493 e. The quantitative estimate of drug-likeness (QED) is 0.346. The van der Waals surface area contributed by atoms with E-state index in [-0.39, 0.29) is 5.97 Å². The minimum atomic E-state index is -0.339. The van der Waals surface area contributed by atoms with Gasteiger partial charge in [-0.25, -0.2) is 4.79 Å². The molecular formula is C22H28N2O3S. The molecule has 0 bridgehead atoms. The number of thiocarbonyl (C=S) groups is 1. The van der Waals surface area contributed by atoms with Gasteiger partial charge in [0.15, 0.2) is 5.11 Å². The summed E-state index contributed by atoms with van der Waals surface area (Å²) in [5.41, 5.74) is 2.46. The molecule has 0 saturated heterocycles. The molecule has 0 aromatic heterocycles. The molecule has 0 radical (unpaired) electrons. The maximum absolute atomic E-state index is 11.8. The summed E-state index contributed by atoms with van der Waals surface area (Å²) >= 11 is 5.35. The van der Waals surface area contributed by atoms with Crippen molar-refractivity contribution in [2.24, 2.45) is 0 Å². The summed E-state index contributed by atoms with van der Waals surface area (Å²) in [5, 5.41) is 6.83. The van der Waals surface area contributed by atoms with Crippen LogP contribution >= 0.6 is 12.2 Å². The van der Waals surface area contributed by atoms with E-state index in [1.165, 1.54) is 5.56 Å². The van der Waals surface area contributed by atoms with Gasteiger partial charge in [0.25, 0.3) is 0 Å². The van der Waals surface area contributed by atoms with E-state index in [0.717, 1.165) is 43.9 Å². The lowest BCUT2D eigenvalue weighted by molar-refractivity contribution is 0.0526. The molecule has 0 unspecified atom stereocenters. The zero-order valence-electron chi connectivity index (χ0n) is 16.5. The number of hydrogen-bond donors (Lipinski definition) is 2. The molecule has 0 saturated carbocycles. The SMILES string of the molecule is CCCOc1ccccc1CCCNC(=S)Nc1cccc(C(=O)OCC)c1. The number of nitrogens with one attached hydrogen (secondary N) is 2. The highest BCUT2D eigenvalue weighted by atomic mass is 32.1. The van der Waals surface area contributed by atoms with Crippen LogP contribution in [0, 0.1) is 0 Å². The van der Waals surface area contributed by atoms with Crippen LogP contribution in [0.3, 0.4) is 0 Å². The number of hydrogen-bond acceptors (Lipinski definition) is 4. The lowest BCUT2D eigenvalue weighted by atomic mass is 10.1. The molecule has 2 rings (SSSR count). The number of para-hydroxylation sites is 1. The van der Waals surface area contributed by atoms with Crippen molar-refractivity contribution in [2.45, 2.75) is 33.1 Å². The van der Waals surface area contributed by atoms with Crippen LogP contribution in [0.4, 0.5) is 5.69 Å².